The molecule has 2 aromatic carbocycles. The summed E-state index contributed by atoms with van der Waals surface area (Å²) in [4.78, 5) is 28.8. The SMILES string of the molecule is CCOC(=O)N1CCC(OCC)(c2ccc(C(=O)N3CCC(c4ccc(C(F)(F)F)cc4)CC3)cc2)CC1. The molecule has 0 spiro atoms. The van der Waals surface area contributed by atoms with Crippen LogP contribution in [0.4, 0.5) is 18.0 Å². The molecule has 2 saturated heterocycles. The van der Waals surface area contributed by atoms with Gasteiger partial charge in [0.05, 0.1) is 17.8 Å². The molecule has 9 heteroatoms. The zero-order chi connectivity index (χ0) is 27.3. The van der Waals surface area contributed by atoms with Gasteiger partial charge in [0.25, 0.3) is 5.91 Å². The maximum Gasteiger partial charge on any atom is 0.416 e. The first kappa shape index (κ1) is 28.0. The quantitative estimate of drug-likeness (QED) is 0.444. The number of piperidine rings is 2. The topological polar surface area (TPSA) is 59.1 Å². The van der Waals surface area contributed by atoms with E-state index in [2.05, 4.69) is 0 Å². The molecule has 2 amide bonds. The van der Waals surface area contributed by atoms with Gasteiger partial charge in [0.1, 0.15) is 0 Å². The lowest BCUT2D eigenvalue weighted by Crippen LogP contribution is -2.46. The molecule has 2 fully saturated rings. The van der Waals surface area contributed by atoms with Crippen LogP contribution in [0.15, 0.2) is 48.5 Å². The third-order valence-corrected chi connectivity index (χ3v) is 7.67. The van der Waals surface area contributed by atoms with Crippen molar-refractivity contribution < 1.29 is 32.2 Å². The molecule has 0 unspecified atom stereocenters. The Bertz CT molecular complexity index is 1090. The molecule has 2 aliphatic heterocycles. The van der Waals surface area contributed by atoms with Crippen molar-refractivity contribution >= 4 is 12.0 Å². The molecule has 0 N–H and O–H groups in total. The van der Waals surface area contributed by atoms with Crippen LogP contribution in [0.25, 0.3) is 0 Å². The minimum atomic E-state index is -4.34. The highest BCUT2D eigenvalue weighted by molar-refractivity contribution is 5.94. The van der Waals surface area contributed by atoms with Crippen LogP contribution in [0.3, 0.4) is 0 Å². The predicted octanol–water partition coefficient (Wildman–Crippen LogP) is 6.21. The smallest absolute Gasteiger partial charge is 0.416 e. The molecule has 38 heavy (non-hydrogen) atoms. The lowest BCUT2D eigenvalue weighted by Gasteiger charge is -2.41. The van der Waals surface area contributed by atoms with Gasteiger partial charge in [-0.25, -0.2) is 4.79 Å². The van der Waals surface area contributed by atoms with Crippen molar-refractivity contribution in [2.24, 2.45) is 0 Å². The Labute approximate surface area is 221 Å². The first-order chi connectivity index (χ1) is 18.2. The van der Waals surface area contributed by atoms with E-state index in [-0.39, 0.29) is 17.9 Å². The van der Waals surface area contributed by atoms with Gasteiger partial charge in [-0.05, 0) is 80.8 Å². The number of benzene rings is 2. The molecule has 2 aromatic rings. The summed E-state index contributed by atoms with van der Waals surface area (Å²) in [5.74, 6) is 0.0836. The van der Waals surface area contributed by atoms with E-state index in [1.54, 1.807) is 24.0 Å². The van der Waals surface area contributed by atoms with E-state index in [9.17, 15) is 22.8 Å². The van der Waals surface area contributed by atoms with Gasteiger partial charge in [-0.3, -0.25) is 4.79 Å². The molecule has 4 rings (SSSR count). The Kier molecular flexibility index (Phi) is 8.65. The highest BCUT2D eigenvalue weighted by Crippen LogP contribution is 2.38. The second-order valence-electron chi connectivity index (χ2n) is 9.88. The summed E-state index contributed by atoms with van der Waals surface area (Å²) in [5, 5.41) is 0. The van der Waals surface area contributed by atoms with Gasteiger partial charge in [-0.15, -0.1) is 0 Å². The second-order valence-corrected chi connectivity index (χ2v) is 9.88. The van der Waals surface area contributed by atoms with Crippen molar-refractivity contribution in [1.29, 1.82) is 0 Å². The fourth-order valence-electron chi connectivity index (χ4n) is 5.52. The second kappa shape index (κ2) is 11.8. The molecule has 2 heterocycles. The van der Waals surface area contributed by atoms with Crippen molar-refractivity contribution in [3.05, 3.63) is 70.8 Å². The number of hydrogen-bond donors (Lipinski definition) is 0. The van der Waals surface area contributed by atoms with Crippen molar-refractivity contribution in [2.45, 2.75) is 57.2 Å². The number of carbonyl (C=O) groups is 2. The third-order valence-electron chi connectivity index (χ3n) is 7.67. The van der Waals surface area contributed by atoms with Crippen LogP contribution in [0.5, 0.6) is 0 Å². The van der Waals surface area contributed by atoms with Crippen molar-refractivity contribution in [3.63, 3.8) is 0 Å². The van der Waals surface area contributed by atoms with E-state index < -0.39 is 17.3 Å². The Morgan fingerprint density at radius 2 is 1.47 bits per heavy atom. The Balaban J connectivity index is 1.36. The maximum atomic E-state index is 13.2. The van der Waals surface area contributed by atoms with Gasteiger partial charge in [0.15, 0.2) is 0 Å². The van der Waals surface area contributed by atoms with Crippen LogP contribution < -0.4 is 0 Å². The molecule has 0 radical (unpaired) electrons. The maximum absolute atomic E-state index is 13.2. The van der Waals surface area contributed by atoms with Gasteiger partial charge in [0.2, 0.25) is 0 Å². The molecule has 6 nitrogen and oxygen atoms in total. The summed E-state index contributed by atoms with van der Waals surface area (Å²) in [7, 11) is 0. The molecule has 0 aliphatic carbocycles. The van der Waals surface area contributed by atoms with Crippen molar-refractivity contribution in [1.82, 2.24) is 9.80 Å². The minimum absolute atomic E-state index is 0.0509. The Morgan fingerprint density at radius 3 is 2.00 bits per heavy atom. The average molecular weight is 533 g/mol. The molecule has 2 aliphatic rings. The van der Waals surface area contributed by atoms with Crippen LogP contribution in [0.2, 0.25) is 0 Å². The first-order valence-electron chi connectivity index (χ1n) is 13.3. The zero-order valence-electron chi connectivity index (χ0n) is 21.9. The van der Waals surface area contributed by atoms with E-state index in [1.807, 2.05) is 36.1 Å². The summed E-state index contributed by atoms with van der Waals surface area (Å²) >= 11 is 0. The number of ether oxygens (including phenoxy) is 2. The van der Waals surface area contributed by atoms with E-state index in [0.717, 1.165) is 23.3 Å². The lowest BCUT2D eigenvalue weighted by atomic mass is 9.83. The largest absolute Gasteiger partial charge is 0.450 e. The number of carbonyl (C=O) groups excluding carboxylic acids is 2. The minimum Gasteiger partial charge on any atom is -0.450 e. The normalized spacial score (nSPS) is 18.3. The van der Waals surface area contributed by atoms with Crippen LogP contribution in [-0.4, -0.2) is 61.2 Å². The van der Waals surface area contributed by atoms with Crippen LogP contribution in [-0.2, 0) is 21.3 Å². The summed E-state index contributed by atoms with van der Waals surface area (Å²) in [5.41, 5.74) is 1.30. The zero-order valence-corrected chi connectivity index (χ0v) is 21.9. The lowest BCUT2D eigenvalue weighted by molar-refractivity contribution is -0.137. The standard InChI is InChI=1S/C29H35F3N2O4/c1-3-37-27(36)34-19-15-28(16-20-34,38-4-2)24-9-7-23(8-10-24)26(35)33-17-13-22(14-18-33)21-5-11-25(12-6-21)29(30,31)32/h5-12,22H,3-4,13-20H2,1-2H3. The number of rotatable bonds is 6. The highest BCUT2D eigenvalue weighted by atomic mass is 19.4. The molecule has 0 aromatic heterocycles. The molecule has 0 bridgehead atoms. The van der Waals surface area contributed by atoms with Crippen molar-refractivity contribution in [2.75, 3.05) is 39.4 Å². The summed E-state index contributed by atoms with van der Waals surface area (Å²) < 4.78 is 49.9. The molecule has 0 atom stereocenters. The molecule has 206 valence electrons. The monoisotopic (exact) mass is 532 g/mol. The van der Waals surface area contributed by atoms with Gasteiger partial charge in [-0.1, -0.05) is 24.3 Å². The van der Waals surface area contributed by atoms with Crippen LogP contribution in [0, 0.1) is 0 Å². The van der Waals surface area contributed by atoms with E-state index in [1.165, 1.54) is 0 Å². The summed E-state index contributed by atoms with van der Waals surface area (Å²) in [6.07, 6.45) is -1.94. The number of likely N-dealkylation sites (tertiary alicyclic amines) is 2. The van der Waals surface area contributed by atoms with E-state index in [0.29, 0.717) is 70.6 Å². The van der Waals surface area contributed by atoms with Gasteiger partial charge < -0.3 is 19.3 Å². The molecular weight excluding hydrogens is 497 g/mol. The molecule has 0 saturated carbocycles. The predicted molar refractivity (Wildman–Crippen MR) is 137 cm³/mol. The third kappa shape index (κ3) is 6.14. The van der Waals surface area contributed by atoms with Crippen molar-refractivity contribution in [3.8, 4) is 0 Å². The Morgan fingerprint density at radius 1 is 0.868 bits per heavy atom. The van der Waals surface area contributed by atoms with Crippen LogP contribution in [0.1, 0.15) is 72.5 Å². The fourth-order valence-corrected chi connectivity index (χ4v) is 5.52. The van der Waals surface area contributed by atoms with Gasteiger partial charge >= 0.3 is 12.3 Å². The van der Waals surface area contributed by atoms with Crippen LogP contribution >= 0.6 is 0 Å². The number of halogens is 3. The average Bonchev–Trinajstić information content (AvgIpc) is 2.93. The highest BCUT2D eigenvalue weighted by Gasteiger charge is 2.39. The summed E-state index contributed by atoms with van der Waals surface area (Å²) in [6, 6.07) is 12.9. The first-order valence-corrected chi connectivity index (χ1v) is 13.3. The van der Waals surface area contributed by atoms with Gasteiger partial charge in [-0.2, -0.15) is 13.2 Å². The number of nitrogens with zero attached hydrogens (tertiary/aromatic N) is 2. The van der Waals surface area contributed by atoms with Gasteiger partial charge in [0, 0.05) is 38.3 Å². The summed E-state index contributed by atoms with van der Waals surface area (Å²) in [6.45, 7) is 6.79. The number of alkyl halides is 3. The van der Waals surface area contributed by atoms with E-state index in [4.69, 9.17) is 9.47 Å². The number of hydrogen-bond acceptors (Lipinski definition) is 4. The Hall–Kier alpha value is -3.07. The fraction of sp³-hybridized carbons (Fsp3) is 0.517. The molecular formula is C29H35F3N2O4. The van der Waals surface area contributed by atoms with E-state index >= 15 is 0 Å². The number of amides is 2.